The minimum Gasteiger partial charge on any atom is -0.505 e. The molecule has 1 amide bonds. The third kappa shape index (κ3) is 3.27. The number of pyridine rings is 1. The van der Waals surface area contributed by atoms with E-state index < -0.39 is 5.91 Å². The summed E-state index contributed by atoms with van der Waals surface area (Å²) in [5, 5.41) is 12.4. The summed E-state index contributed by atoms with van der Waals surface area (Å²) in [4.78, 5) is 16.0. The van der Waals surface area contributed by atoms with E-state index in [1.165, 1.54) is 49.9 Å². The van der Waals surface area contributed by atoms with Gasteiger partial charge in [0.2, 0.25) is 0 Å². The Labute approximate surface area is 130 Å². The van der Waals surface area contributed by atoms with Crippen LogP contribution in [0.5, 0.6) is 5.75 Å². The number of hydrogen-bond acceptors (Lipinski definition) is 3. The van der Waals surface area contributed by atoms with E-state index >= 15 is 0 Å². The Kier molecular flexibility index (Phi) is 4.37. The van der Waals surface area contributed by atoms with E-state index in [0.29, 0.717) is 5.92 Å². The Morgan fingerprint density at radius 2 is 1.82 bits per heavy atom. The number of hydrogen-bond donors (Lipinski definition) is 2. The number of rotatable bonds is 3. The number of aromatic nitrogens is 1. The highest BCUT2D eigenvalue weighted by Gasteiger charge is 2.16. The van der Waals surface area contributed by atoms with Crippen molar-refractivity contribution in [3.8, 4) is 5.75 Å². The molecule has 0 unspecified atom stereocenters. The molecule has 2 aromatic rings. The Morgan fingerprint density at radius 3 is 2.50 bits per heavy atom. The number of amides is 1. The standard InChI is InChI=1S/C18H20N2O2/c21-16-7-4-12-19-17(16)18(22)20-15-10-8-14(9-11-15)13-5-2-1-3-6-13/h4,7-13,21H,1-3,5-6H2,(H,20,22). The fraction of sp³-hybridized carbons (Fsp3) is 0.333. The van der Waals surface area contributed by atoms with Crippen molar-refractivity contribution in [1.82, 2.24) is 4.98 Å². The number of benzene rings is 1. The largest absolute Gasteiger partial charge is 0.505 e. The average Bonchev–Trinajstić information content (AvgIpc) is 2.57. The number of carbonyl (C=O) groups excluding carboxylic acids is 1. The van der Waals surface area contributed by atoms with Gasteiger partial charge >= 0.3 is 0 Å². The van der Waals surface area contributed by atoms with Gasteiger partial charge in [-0.25, -0.2) is 4.98 Å². The molecule has 0 radical (unpaired) electrons. The molecular weight excluding hydrogens is 276 g/mol. The molecule has 1 fully saturated rings. The molecule has 2 N–H and O–H groups in total. The van der Waals surface area contributed by atoms with Gasteiger partial charge in [0.05, 0.1) is 0 Å². The Bertz CT molecular complexity index is 646. The van der Waals surface area contributed by atoms with Crippen LogP contribution in [-0.2, 0) is 0 Å². The predicted molar refractivity (Wildman–Crippen MR) is 86.1 cm³/mol. The molecule has 3 rings (SSSR count). The first-order valence-corrected chi connectivity index (χ1v) is 7.79. The van der Waals surface area contributed by atoms with Gasteiger partial charge in [0.1, 0.15) is 5.75 Å². The van der Waals surface area contributed by atoms with Gasteiger partial charge in [-0.1, -0.05) is 31.4 Å². The second-order valence-electron chi connectivity index (χ2n) is 5.78. The minimum atomic E-state index is -0.400. The first kappa shape index (κ1) is 14.6. The van der Waals surface area contributed by atoms with Crippen molar-refractivity contribution in [2.75, 3.05) is 5.32 Å². The van der Waals surface area contributed by atoms with Crippen LogP contribution in [0, 0.1) is 0 Å². The van der Waals surface area contributed by atoms with Crippen molar-refractivity contribution in [1.29, 1.82) is 0 Å². The lowest BCUT2D eigenvalue weighted by molar-refractivity contribution is 0.101. The summed E-state index contributed by atoms with van der Waals surface area (Å²) in [7, 11) is 0. The van der Waals surface area contributed by atoms with Crippen LogP contribution in [0.4, 0.5) is 5.69 Å². The molecule has 1 aliphatic rings. The number of carbonyl (C=O) groups is 1. The summed E-state index contributed by atoms with van der Waals surface area (Å²) in [5.41, 5.74) is 2.10. The normalized spacial score (nSPS) is 15.5. The second kappa shape index (κ2) is 6.60. The Morgan fingerprint density at radius 1 is 1.09 bits per heavy atom. The SMILES string of the molecule is O=C(Nc1ccc(C2CCCCC2)cc1)c1ncccc1O. The van der Waals surface area contributed by atoms with Crippen molar-refractivity contribution >= 4 is 11.6 Å². The zero-order chi connectivity index (χ0) is 15.4. The van der Waals surface area contributed by atoms with Gasteiger partial charge in [-0.2, -0.15) is 0 Å². The predicted octanol–water partition coefficient (Wildman–Crippen LogP) is 4.09. The lowest BCUT2D eigenvalue weighted by Gasteiger charge is -2.22. The molecule has 0 spiro atoms. The van der Waals surface area contributed by atoms with Crippen LogP contribution in [0.25, 0.3) is 0 Å². The summed E-state index contributed by atoms with van der Waals surface area (Å²) >= 11 is 0. The quantitative estimate of drug-likeness (QED) is 0.896. The minimum absolute atomic E-state index is 0.0406. The van der Waals surface area contributed by atoms with E-state index in [0.717, 1.165) is 5.69 Å². The van der Waals surface area contributed by atoms with Gasteiger partial charge in [-0.05, 0) is 48.6 Å². The van der Waals surface area contributed by atoms with E-state index in [-0.39, 0.29) is 11.4 Å². The third-order valence-corrected chi connectivity index (χ3v) is 4.25. The Balaban J connectivity index is 1.68. The van der Waals surface area contributed by atoms with Gasteiger partial charge in [0.15, 0.2) is 5.69 Å². The molecule has 0 saturated heterocycles. The monoisotopic (exact) mass is 296 g/mol. The van der Waals surface area contributed by atoms with Crippen molar-refractivity contribution < 1.29 is 9.90 Å². The Hall–Kier alpha value is -2.36. The number of nitrogens with zero attached hydrogens (tertiary/aromatic N) is 1. The molecular formula is C18H20N2O2. The fourth-order valence-electron chi connectivity index (χ4n) is 3.04. The molecule has 0 bridgehead atoms. The van der Waals surface area contributed by atoms with Crippen molar-refractivity contribution in [2.45, 2.75) is 38.0 Å². The van der Waals surface area contributed by atoms with E-state index in [1.54, 1.807) is 6.07 Å². The maximum atomic E-state index is 12.1. The lowest BCUT2D eigenvalue weighted by atomic mass is 9.84. The number of nitrogens with one attached hydrogen (secondary N) is 1. The van der Waals surface area contributed by atoms with Crippen molar-refractivity contribution in [3.63, 3.8) is 0 Å². The van der Waals surface area contributed by atoms with Crippen LogP contribution < -0.4 is 5.32 Å². The molecule has 1 aliphatic carbocycles. The van der Waals surface area contributed by atoms with Gasteiger partial charge in [-0.15, -0.1) is 0 Å². The maximum Gasteiger partial charge on any atom is 0.278 e. The first-order chi connectivity index (χ1) is 10.7. The highest BCUT2D eigenvalue weighted by atomic mass is 16.3. The molecule has 1 saturated carbocycles. The fourth-order valence-corrected chi connectivity index (χ4v) is 3.04. The molecule has 4 nitrogen and oxygen atoms in total. The van der Waals surface area contributed by atoms with Crippen LogP contribution in [0.15, 0.2) is 42.6 Å². The van der Waals surface area contributed by atoms with E-state index in [1.807, 2.05) is 12.1 Å². The summed E-state index contributed by atoms with van der Waals surface area (Å²) in [5.74, 6) is 0.140. The maximum absolute atomic E-state index is 12.1. The zero-order valence-corrected chi connectivity index (χ0v) is 12.5. The van der Waals surface area contributed by atoms with Crippen LogP contribution in [0.1, 0.15) is 54.1 Å². The average molecular weight is 296 g/mol. The van der Waals surface area contributed by atoms with E-state index in [9.17, 15) is 9.90 Å². The summed E-state index contributed by atoms with van der Waals surface area (Å²) in [6.45, 7) is 0. The van der Waals surface area contributed by atoms with Crippen LogP contribution in [0.2, 0.25) is 0 Å². The topological polar surface area (TPSA) is 62.2 Å². The zero-order valence-electron chi connectivity index (χ0n) is 12.5. The van der Waals surface area contributed by atoms with Crippen molar-refractivity contribution in [2.24, 2.45) is 0 Å². The van der Waals surface area contributed by atoms with Gasteiger partial charge in [0.25, 0.3) is 5.91 Å². The molecule has 0 aliphatic heterocycles. The van der Waals surface area contributed by atoms with Gasteiger partial charge in [-0.3, -0.25) is 4.79 Å². The molecule has 1 heterocycles. The highest BCUT2D eigenvalue weighted by Crippen LogP contribution is 2.33. The first-order valence-electron chi connectivity index (χ1n) is 7.79. The van der Waals surface area contributed by atoms with E-state index in [4.69, 9.17) is 0 Å². The van der Waals surface area contributed by atoms with Crippen molar-refractivity contribution in [3.05, 3.63) is 53.9 Å². The molecule has 4 heteroatoms. The molecule has 0 atom stereocenters. The van der Waals surface area contributed by atoms with Crippen LogP contribution >= 0.6 is 0 Å². The highest BCUT2D eigenvalue weighted by molar-refractivity contribution is 6.04. The smallest absolute Gasteiger partial charge is 0.278 e. The van der Waals surface area contributed by atoms with Crippen LogP contribution in [0.3, 0.4) is 0 Å². The molecule has 1 aromatic heterocycles. The molecule has 22 heavy (non-hydrogen) atoms. The number of aromatic hydroxyl groups is 1. The third-order valence-electron chi connectivity index (χ3n) is 4.25. The number of anilines is 1. The summed E-state index contributed by atoms with van der Waals surface area (Å²) in [6.07, 6.45) is 7.96. The van der Waals surface area contributed by atoms with E-state index in [2.05, 4.69) is 22.4 Å². The van der Waals surface area contributed by atoms with Crippen LogP contribution in [-0.4, -0.2) is 16.0 Å². The van der Waals surface area contributed by atoms with Gasteiger partial charge in [0, 0.05) is 11.9 Å². The second-order valence-corrected chi connectivity index (χ2v) is 5.78. The lowest BCUT2D eigenvalue weighted by Crippen LogP contribution is -2.13. The van der Waals surface area contributed by atoms with Gasteiger partial charge < -0.3 is 10.4 Å². The summed E-state index contributed by atoms with van der Waals surface area (Å²) < 4.78 is 0. The molecule has 1 aromatic carbocycles. The summed E-state index contributed by atoms with van der Waals surface area (Å²) in [6, 6.07) is 11.1. The molecule has 114 valence electrons.